The molecule has 1 heterocycles. The van der Waals surface area contributed by atoms with Crippen LogP contribution in [0.4, 0.5) is 17.1 Å². The molecule has 0 aliphatic heterocycles. The molecule has 0 atom stereocenters. The van der Waals surface area contributed by atoms with E-state index in [4.69, 9.17) is 0 Å². The van der Waals surface area contributed by atoms with E-state index in [1.54, 1.807) is 0 Å². The van der Waals surface area contributed by atoms with Crippen molar-refractivity contribution in [1.29, 1.82) is 0 Å². The Balaban J connectivity index is 1.25. The topological polar surface area (TPSA) is 3.24 Å². The fourth-order valence-corrected chi connectivity index (χ4v) is 9.92. The van der Waals surface area contributed by atoms with Gasteiger partial charge in [-0.1, -0.05) is 119 Å². The van der Waals surface area contributed by atoms with Gasteiger partial charge in [-0.15, -0.1) is 11.3 Å². The molecule has 0 amide bonds. The SMILES string of the molecule is CC1(C)c2ccccc2-c2cc(N(c3ccc4c(c3)-c3ccccc3C4(C)C)c3cccc4cc5c(cc34)sc3ccccc35)ccc21. The lowest BCUT2D eigenvalue weighted by molar-refractivity contribution is 0.660. The number of benzene rings is 7. The molecule has 0 unspecified atom stereocenters. The van der Waals surface area contributed by atoms with Crippen LogP contribution in [-0.2, 0) is 10.8 Å². The first kappa shape index (κ1) is 27.9. The lowest BCUT2D eigenvalue weighted by Crippen LogP contribution is -2.16. The first-order valence-electron chi connectivity index (χ1n) is 16.9. The van der Waals surface area contributed by atoms with E-state index in [1.165, 1.54) is 92.5 Å². The van der Waals surface area contributed by atoms with Crippen molar-refractivity contribution >= 4 is 59.3 Å². The van der Waals surface area contributed by atoms with Crippen molar-refractivity contribution in [3.05, 3.63) is 162 Å². The monoisotopic (exact) mass is 633 g/mol. The number of hydrogen-bond acceptors (Lipinski definition) is 2. The van der Waals surface area contributed by atoms with E-state index >= 15 is 0 Å². The molecule has 2 aliphatic carbocycles. The number of fused-ring (bicyclic) bond motifs is 10. The van der Waals surface area contributed by atoms with E-state index in [1.807, 2.05) is 11.3 Å². The quantitative estimate of drug-likeness (QED) is 0.187. The Hall–Kier alpha value is -5.18. The summed E-state index contributed by atoms with van der Waals surface area (Å²) in [5.74, 6) is 0. The smallest absolute Gasteiger partial charge is 0.0540 e. The van der Waals surface area contributed by atoms with Crippen molar-refractivity contribution in [2.24, 2.45) is 0 Å². The second-order valence-electron chi connectivity index (χ2n) is 14.6. The maximum Gasteiger partial charge on any atom is 0.0540 e. The summed E-state index contributed by atoms with van der Waals surface area (Å²) < 4.78 is 2.66. The van der Waals surface area contributed by atoms with Crippen LogP contribution < -0.4 is 4.90 Å². The molecule has 0 saturated carbocycles. The lowest BCUT2D eigenvalue weighted by atomic mass is 9.82. The van der Waals surface area contributed by atoms with E-state index in [9.17, 15) is 0 Å². The minimum absolute atomic E-state index is 0.0373. The molecule has 2 aliphatic rings. The summed E-state index contributed by atoms with van der Waals surface area (Å²) >= 11 is 1.89. The Labute approximate surface area is 285 Å². The van der Waals surface area contributed by atoms with Gasteiger partial charge in [0.1, 0.15) is 0 Å². The fraction of sp³-hybridized carbons (Fsp3) is 0.130. The zero-order valence-electron chi connectivity index (χ0n) is 27.6. The van der Waals surface area contributed by atoms with Crippen molar-refractivity contribution in [3.63, 3.8) is 0 Å². The van der Waals surface area contributed by atoms with Gasteiger partial charge in [-0.2, -0.15) is 0 Å². The van der Waals surface area contributed by atoms with Gasteiger partial charge in [0.25, 0.3) is 0 Å². The molecule has 0 bridgehead atoms. The van der Waals surface area contributed by atoms with Gasteiger partial charge in [0.2, 0.25) is 0 Å². The number of rotatable bonds is 3. The molecule has 0 radical (unpaired) electrons. The third-order valence-corrected chi connectivity index (χ3v) is 12.4. The van der Waals surface area contributed by atoms with Crippen molar-refractivity contribution in [2.45, 2.75) is 38.5 Å². The molecule has 8 aromatic rings. The molecule has 2 heteroatoms. The van der Waals surface area contributed by atoms with Crippen LogP contribution in [0.1, 0.15) is 49.9 Å². The standard InChI is InChI=1S/C46H35NS/c1-45(2)38-16-8-5-13-31(38)35-25-29(20-22-40(35)45)47(30-21-23-41-36(26-30)32-14-6-9-17-39(32)46(41,3)4)42-18-11-12-28-24-37-33-15-7-10-19-43(33)48-44(37)27-34(28)42/h5-27H,1-4H3. The first-order chi connectivity index (χ1) is 23.3. The Morgan fingerprint density at radius 2 is 0.979 bits per heavy atom. The largest absolute Gasteiger partial charge is 0.310 e. The Morgan fingerprint density at radius 3 is 1.62 bits per heavy atom. The maximum atomic E-state index is 2.50. The normalized spacial score (nSPS) is 15.0. The highest BCUT2D eigenvalue weighted by atomic mass is 32.1. The molecule has 1 aromatic heterocycles. The highest BCUT2D eigenvalue weighted by Gasteiger charge is 2.37. The zero-order chi connectivity index (χ0) is 32.4. The summed E-state index contributed by atoms with van der Waals surface area (Å²) in [7, 11) is 0. The molecule has 48 heavy (non-hydrogen) atoms. The van der Waals surface area contributed by atoms with Gasteiger partial charge in [-0.3, -0.25) is 0 Å². The highest BCUT2D eigenvalue weighted by Crippen LogP contribution is 2.53. The van der Waals surface area contributed by atoms with Crippen molar-refractivity contribution in [2.75, 3.05) is 4.90 Å². The third-order valence-electron chi connectivity index (χ3n) is 11.2. The van der Waals surface area contributed by atoms with Crippen LogP contribution in [0, 0.1) is 0 Å². The van der Waals surface area contributed by atoms with Crippen LogP contribution in [0.15, 0.2) is 140 Å². The van der Waals surface area contributed by atoms with Gasteiger partial charge in [0.15, 0.2) is 0 Å². The molecule has 0 fully saturated rings. The average Bonchev–Trinajstić information content (AvgIpc) is 3.67. The highest BCUT2D eigenvalue weighted by molar-refractivity contribution is 7.25. The van der Waals surface area contributed by atoms with E-state index in [-0.39, 0.29) is 10.8 Å². The predicted molar refractivity (Wildman–Crippen MR) is 207 cm³/mol. The molecule has 0 saturated heterocycles. The Kier molecular flexibility index (Phi) is 5.63. The van der Waals surface area contributed by atoms with Crippen molar-refractivity contribution < 1.29 is 0 Å². The average molecular weight is 634 g/mol. The number of nitrogens with zero attached hydrogens (tertiary/aromatic N) is 1. The second-order valence-corrected chi connectivity index (χ2v) is 15.7. The number of thiophene rings is 1. The Bertz CT molecular complexity index is 2530. The summed E-state index contributed by atoms with van der Waals surface area (Å²) in [6.45, 7) is 9.43. The summed E-state index contributed by atoms with van der Waals surface area (Å²) in [4.78, 5) is 2.50. The van der Waals surface area contributed by atoms with E-state index in [0.717, 1.165) is 0 Å². The first-order valence-corrected chi connectivity index (χ1v) is 17.8. The lowest BCUT2D eigenvalue weighted by Gasteiger charge is -2.29. The van der Waals surface area contributed by atoms with Gasteiger partial charge in [-0.05, 0) is 98.4 Å². The Morgan fingerprint density at radius 1 is 0.417 bits per heavy atom. The summed E-state index contributed by atoms with van der Waals surface area (Å²) in [5, 5.41) is 5.19. The number of hydrogen-bond donors (Lipinski definition) is 0. The molecule has 230 valence electrons. The second kappa shape index (κ2) is 9.69. The summed E-state index contributed by atoms with van der Waals surface area (Å²) in [5.41, 5.74) is 14.4. The van der Waals surface area contributed by atoms with E-state index in [2.05, 4.69) is 172 Å². The third kappa shape index (κ3) is 3.72. The molecule has 0 N–H and O–H groups in total. The van der Waals surface area contributed by atoms with E-state index in [0.29, 0.717) is 0 Å². The molecule has 1 nitrogen and oxygen atoms in total. The van der Waals surface area contributed by atoms with Crippen LogP contribution in [0.3, 0.4) is 0 Å². The minimum Gasteiger partial charge on any atom is -0.310 e. The van der Waals surface area contributed by atoms with Crippen LogP contribution >= 0.6 is 11.3 Å². The van der Waals surface area contributed by atoms with Crippen LogP contribution in [0.25, 0.3) is 53.2 Å². The predicted octanol–water partition coefficient (Wildman–Crippen LogP) is 13.3. The van der Waals surface area contributed by atoms with Crippen LogP contribution in [0.5, 0.6) is 0 Å². The van der Waals surface area contributed by atoms with Gasteiger partial charge in [-0.25, -0.2) is 0 Å². The molecular formula is C46H35NS. The minimum atomic E-state index is -0.0373. The molecule has 10 rings (SSSR count). The van der Waals surface area contributed by atoms with Gasteiger partial charge in [0, 0.05) is 47.8 Å². The molecule has 0 spiro atoms. The van der Waals surface area contributed by atoms with E-state index < -0.39 is 0 Å². The van der Waals surface area contributed by atoms with Crippen LogP contribution in [-0.4, -0.2) is 0 Å². The number of anilines is 3. The van der Waals surface area contributed by atoms with Gasteiger partial charge < -0.3 is 4.90 Å². The molecular weight excluding hydrogens is 599 g/mol. The summed E-state index contributed by atoms with van der Waals surface area (Å²) in [6, 6.07) is 52.6. The van der Waals surface area contributed by atoms with Crippen molar-refractivity contribution in [3.8, 4) is 22.3 Å². The van der Waals surface area contributed by atoms with Gasteiger partial charge in [0.05, 0.1) is 5.69 Å². The van der Waals surface area contributed by atoms with Crippen molar-refractivity contribution in [1.82, 2.24) is 0 Å². The molecule has 7 aromatic carbocycles. The van der Waals surface area contributed by atoms with Gasteiger partial charge >= 0.3 is 0 Å². The summed E-state index contributed by atoms with van der Waals surface area (Å²) in [6.07, 6.45) is 0. The maximum absolute atomic E-state index is 2.50. The fourth-order valence-electron chi connectivity index (χ4n) is 8.80. The zero-order valence-corrected chi connectivity index (χ0v) is 28.5. The van der Waals surface area contributed by atoms with Crippen LogP contribution in [0.2, 0.25) is 0 Å².